The smallest absolute Gasteiger partial charge is 0.257 e. The summed E-state index contributed by atoms with van der Waals surface area (Å²) in [6, 6.07) is 6.83. The summed E-state index contributed by atoms with van der Waals surface area (Å²) in [6.07, 6.45) is 0. The van der Waals surface area contributed by atoms with Crippen LogP contribution < -0.4 is 5.32 Å². The third kappa shape index (κ3) is 3.23. The topological polar surface area (TPSA) is 42.0 Å². The molecule has 1 heterocycles. The summed E-state index contributed by atoms with van der Waals surface area (Å²) in [5, 5.41) is 3.51. The van der Waals surface area contributed by atoms with Gasteiger partial charge in [-0.2, -0.15) is 0 Å². The molecule has 1 N–H and O–H groups in total. The minimum atomic E-state index is -0.343. The molecule has 0 fully saturated rings. The molecule has 1 amide bonds. The zero-order valence-corrected chi connectivity index (χ0v) is 13.1. The zero-order valence-electron chi connectivity index (χ0n) is 10.8. The van der Waals surface area contributed by atoms with E-state index in [2.05, 4.69) is 10.3 Å². The van der Waals surface area contributed by atoms with Crippen molar-refractivity contribution in [2.75, 3.05) is 5.32 Å². The predicted octanol–water partition coefficient (Wildman–Crippen LogP) is 4.91. The summed E-state index contributed by atoms with van der Waals surface area (Å²) in [6.45, 7) is 3.68. The molecule has 1 aromatic heterocycles. The van der Waals surface area contributed by atoms with Gasteiger partial charge in [0.25, 0.3) is 5.91 Å². The van der Waals surface area contributed by atoms with E-state index >= 15 is 0 Å². The zero-order chi connectivity index (χ0) is 14.9. The first-order valence-electron chi connectivity index (χ1n) is 5.78. The molecule has 104 valence electrons. The van der Waals surface area contributed by atoms with Crippen molar-refractivity contribution in [3.8, 4) is 0 Å². The number of aromatic nitrogens is 1. The Bertz CT molecular complexity index is 663. The van der Waals surface area contributed by atoms with E-state index in [9.17, 15) is 4.79 Å². The monoisotopic (exact) mass is 328 g/mol. The summed E-state index contributed by atoms with van der Waals surface area (Å²) in [7, 11) is 0. The maximum Gasteiger partial charge on any atom is 0.257 e. The Labute approximate surface area is 131 Å². The molecule has 6 heteroatoms. The second kappa shape index (κ2) is 6.00. The van der Waals surface area contributed by atoms with Gasteiger partial charge in [-0.1, -0.05) is 40.9 Å². The minimum absolute atomic E-state index is 0.145. The molecule has 2 aromatic rings. The fraction of sp³-hybridized carbons (Fsp3) is 0.143. The molecule has 0 spiro atoms. The van der Waals surface area contributed by atoms with Crippen LogP contribution in [0.2, 0.25) is 15.3 Å². The fourth-order valence-electron chi connectivity index (χ4n) is 1.73. The van der Waals surface area contributed by atoms with Crippen LogP contribution >= 0.6 is 34.8 Å². The van der Waals surface area contributed by atoms with Crippen LogP contribution in [0.25, 0.3) is 0 Å². The summed E-state index contributed by atoms with van der Waals surface area (Å²) >= 11 is 17.8. The first-order chi connectivity index (χ1) is 9.38. The van der Waals surface area contributed by atoms with Crippen LogP contribution in [0.1, 0.15) is 21.5 Å². The Morgan fingerprint density at radius 1 is 1.15 bits per heavy atom. The summed E-state index contributed by atoms with van der Waals surface area (Å²) in [4.78, 5) is 16.1. The molecule has 2 rings (SSSR count). The lowest BCUT2D eigenvalue weighted by atomic mass is 10.1. The molecule has 0 unspecified atom stereocenters. The summed E-state index contributed by atoms with van der Waals surface area (Å²) in [5.74, 6) is -0.343. The van der Waals surface area contributed by atoms with Gasteiger partial charge in [0.2, 0.25) is 0 Å². The lowest BCUT2D eigenvalue weighted by Gasteiger charge is -2.11. The molecule has 0 atom stereocenters. The van der Waals surface area contributed by atoms with Crippen molar-refractivity contribution in [1.29, 1.82) is 0 Å². The standard InChI is InChI=1S/C14H11Cl3N2O/c1-7-3-4-9(10(15)5-7)14(20)19-12-8(2)6-11(16)18-13(12)17/h3-6H,1-2H3,(H,19,20). The summed E-state index contributed by atoms with van der Waals surface area (Å²) < 4.78 is 0. The van der Waals surface area contributed by atoms with Gasteiger partial charge in [-0.3, -0.25) is 4.79 Å². The van der Waals surface area contributed by atoms with Gasteiger partial charge in [0, 0.05) is 0 Å². The van der Waals surface area contributed by atoms with E-state index in [1.54, 1.807) is 25.1 Å². The van der Waals surface area contributed by atoms with Crippen molar-refractivity contribution in [3.63, 3.8) is 0 Å². The number of pyridine rings is 1. The van der Waals surface area contributed by atoms with Crippen molar-refractivity contribution < 1.29 is 4.79 Å². The average molecular weight is 330 g/mol. The Morgan fingerprint density at radius 3 is 2.45 bits per heavy atom. The maximum absolute atomic E-state index is 12.2. The number of nitrogens with one attached hydrogen (secondary N) is 1. The van der Waals surface area contributed by atoms with Crippen molar-refractivity contribution in [3.05, 3.63) is 56.3 Å². The van der Waals surface area contributed by atoms with Crippen molar-refractivity contribution in [2.45, 2.75) is 13.8 Å². The molecular formula is C14H11Cl3N2O. The quantitative estimate of drug-likeness (QED) is 0.795. The van der Waals surface area contributed by atoms with Crippen LogP contribution in [0.4, 0.5) is 5.69 Å². The molecule has 0 aliphatic carbocycles. The van der Waals surface area contributed by atoms with E-state index < -0.39 is 0 Å². The highest BCUT2D eigenvalue weighted by Crippen LogP contribution is 2.27. The molecule has 0 aliphatic rings. The van der Waals surface area contributed by atoms with Gasteiger partial charge in [0.15, 0.2) is 5.15 Å². The molecule has 0 radical (unpaired) electrons. The Morgan fingerprint density at radius 2 is 1.85 bits per heavy atom. The van der Waals surface area contributed by atoms with Crippen LogP contribution in [0, 0.1) is 13.8 Å². The van der Waals surface area contributed by atoms with Crippen molar-refractivity contribution >= 4 is 46.4 Å². The normalized spacial score (nSPS) is 10.4. The SMILES string of the molecule is Cc1ccc(C(=O)Nc2c(C)cc(Cl)nc2Cl)c(Cl)c1. The number of halogens is 3. The second-order valence-corrected chi connectivity index (χ2v) is 5.52. The Hall–Kier alpha value is -1.29. The summed E-state index contributed by atoms with van der Waals surface area (Å²) in [5.41, 5.74) is 2.51. The Balaban J connectivity index is 2.33. The van der Waals surface area contributed by atoms with Gasteiger partial charge in [-0.25, -0.2) is 4.98 Å². The Kier molecular flexibility index (Phi) is 4.53. The average Bonchev–Trinajstić information content (AvgIpc) is 2.33. The van der Waals surface area contributed by atoms with Crippen LogP contribution in [-0.4, -0.2) is 10.9 Å². The first kappa shape index (κ1) is 15.1. The minimum Gasteiger partial charge on any atom is -0.319 e. The van der Waals surface area contributed by atoms with Crippen LogP contribution in [0.5, 0.6) is 0 Å². The maximum atomic E-state index is 12.2. The molecule has 3 nitrogen and oxygen atoms in total. The van der Waals surface area contributed by atoms with Crippen LogP contribution in [0.15, 0.2) is 24.3 Å². The number of anilines is 1. The van der Waals surface area contributed by atoms with E-state index in [-0.39, 0.29) is 16.2 Å². The van der Waals surface area contributed by atoms with Gasteiger partial charge in [0.05, 0.1) is 16.3 Å². The molecule has 0 saturated carbocycles. The number of nitrogens with zero attached hydrogens (tertiary/aromatic N) is 1. The molecule has 20 heavy (non-hydrogen) atoms. The van der Waals surface area contributed by atoms with Gasteiger partial charge in [-0.15, -0.1) is 0 Å². The highest BCUT2D eigenvalue weighted by molar-refractivity contribution is 6.36. The van der Waals surface area contributed by atoms with Crippen molar-refractivity contribution in [1.82, 2.24) is 4.98 Å². The lowest BCUT2D eigenvalue weighted by molar-refractivity contribution is 0.102. The number of rotatable bonds is 2. The van der Waals surface area contributed by atoms with E-state index in [0.717, 1.165) is 11.1 Å². The van der Waals surface area contributed by atoms with Crippen LogP contribution in [-0.2, 0) is 0 Å². The molecule has 0 bridgehead atoms. The number of hydrogen-bond acceptors (Lipinski definition) is 2. The number of benzene rings is 1. The molecular weight excluding hydrogens is 319 g/mol. The van der Waals surface area contributed by atoms with E-state index in [4.69, 9.17) is 34.8 Å². The predicted molar refractivity (Wildman–Crippen MR) is 83.1 cm³/mol. The second-order valence-electron chi connectivity index (χ2n) is 4.37. The first-order valence-corrected chi connectivity index (χ1v) is 6.92. The highest BCUT2D eigenvalue weighted by atomic mass is 35.5. The number of amides is 1. The molecule has 1 aromatic carbocycles. The number of carbonyl (C=O) groups excluding carboxylic acids is 1. The number of aryl methyl sites for hydroxylation is 2. The van der Waals surface area contributed by atoms with Gasteiger partial charge < -0.3 is 5.32 Å². The van der Waals surface area contributed by atoms with Gasteiger partial charge in [-0.05, 0) is 43.2 Å². The van der Waals surface area contributed by atoms with E-state index in [0.29, 0.717) is 16.3 Å². The number of hydrogen-bond donors (Lipinski definition) is 1. The van der Waals surface area contributed by atoms with Gasteiger partial charge >= 0.3 is 0 Å². The van der Waals surface area contributed by atoms with E-state index in [1.807, 2.05) is 13.0 Å². The molecule has 0 saturated heterocycles. The molecule has 0 aliphatic heterocycles. The van der Waals surface area contributed by atoms with Gasteiger partial charge in [0.1, 0.15) is 5.15 Å². The van der Waals surface area contributed by atoms with E-state index in [1.165, 1.54) is 0 Å². The third-order valence-electron chi connectivity index (χ3n) is 2.75. The van der Waals surface area contributed by atoms with Crippen molar-refractivity contribution in [2.24, 2.45) is 0 Å². The lowest BCUT2D eigenvalue weighted by Crippen LogP contribution is -2.14. The highest BCUT2D eigenvalue weighted by Gasteiger charge is 2.15. The third-order valence-corrected chi connectivity index (χ3v) is 3.53. The van der Waals surface area contributed by atoms with Crippen LogP contribution in [0.3, 0.4) is 0 Å². The fourth-order valence-corrected chi connectivity index (χ4v) is 2.63. The largest absolute Gasteiger partial charge is 0.319 e. The number of carbonyl (C=O) groups is 1.